The van der Waals surface area contributed by atoms with Crippen molar-refractivity contribution in [2.24, 2.45) is 11.8 Å². The van der Waals surface area contributed by atoms with Crippen molar-refractivity contribution in [1.29, 1.82) is 0 Å². The van der Waals surface area contributed by atoms with E-state index in [1.54, 1.807) is 29.4 Å². The molecule has 0 bridgehead atoms. The number of carbonyl (C=O) groups is 1. The van der Waals surface area contributed by atoms with Crippen molar-refractivity contribution < 1.29 is 17.6 Å². The van der Waals surface area contributed by atoms with Gasteiger partial charge in [0.1, 0.15) is 5.58 Å². The van der Waals surface area contributed by atoms with Crippen molar-refractivity contribution in [2.75, 3.05) is 18.4 Å². The number of furan rings is 1. The van der Waals surface area contributed by atoms with Gasteiger partial charge in [-0.1, -0.05) is 31.5 Å². The number of piperidine rings is 1. The predicted octanol–water partition coefficient (Wildman–Crippen LogP) is 5.28. The number of nitrogens with one attached hydrogen (secondary N) is 1. The zero-order valence-electron chi connectivity index (χ0n) is 19.2. The third-order valence-corrected chi connectivity index (χ3v) is 8.04. The highest BCUT2D eigenvalue weighted by atomic mass is 32.2. The summed E-state index contributed by atoms with van der Waals surface area (Å²) in [6.07, 6.45) is 1.03. The number of aryl methyl sites for hydroxylation is 3. The Kier molecular flexibility index (Phi) is 5.90. The number of benzene rings is 2. The highest BCUT2D eigenvalue weighted by molar-refractivity contribution is 7.89. The van der Waals surface area contributed by atoms with E-state index in [0.29, 0.717) is 41.5 Å². The summed E-state index contributed by atoms with van der Waals surface area (Å²) in [4.78, 5) is 13.1. The van der Waals surface area contributed by atoms with Crippen LogP contribution in [0.5, 0.6) is 0 Å². The molecule has 2 aromatic carbocycles. The van der Waals surface area contributed by atoms with E-state index in [9.17, 15) is 13.2 Å². The van der Waals surface area contributed by atoms with E-state index in [2.05, 4.69) is 19.2 Å². The van der Waals surface area contributed by atoms with Gasteiger partial charge in [0.25, 0.3) is 5.91 Å². The summed E-state index contributed by atoms with van der Waals surface area (Å²) in [5.74, 6) is 0.491. The van der Waals surface area contributed by atoms with Gasteiger partial charge in [0, 0.05) is 29.7 Å². The lowest BCUT2D eigenvalue weighted by atomic mass is 9.94. The number of carbonyl (C=O) groups excluding carboxylic acids is 1. The highest BCUT2D eigenvalue weighted by Gasteiger charge is 2.32. The Balaban J connectivity index is 1.66. The van der Waals surface area contributed by atoms with Gasteiger partial charge in [0.05, 0.1) is 4.90 Å². The van der Waals surface area contributed by atoms with Gasteiger partial charge >= 0.3 is 0 Å². The van der Waals surface area contributed by atoms with Gasteiger partial charge in [-0.25, -0.2) is 8.42 Å². The van der Waals surface area contributed by atoms with Gasteiger partial charge in [0.2, 0.25) is 10.0 Å². The third-order valence-electron chi connectivity index (χ3n) is 6.22. The average Bonchev–Trinajstić information content (AvgIpc) is 3.05. The van der Waals surface area contributed by atoms with Crippen LogP contribution in [-0.2, 0) is 10.0 Å². The molecule has 0 radical (unpaired) electrons. The van der Waals surface area contributed by atoms with Crippen LogP contribution in [-0.4, -0.2) is 31.7 Å². The summed E-state index contributed by atoms with van der Waals surface area (Å²) in [6.45, 7) is 10.9. The van der Waals surface area contributed by atoms with Crippen molar-refractivity contribution in [1.82, 2.24) is 4.31 Å². The fourth-order valence-electron chi connectivity index (χ4n) is 4.66. The average molecular weight is 455 g/mol. The summed E-state index contributed by atoms with van der Waals surface area (Å²) in [5, 5.41) is 3.54. The molecule has 1 aliphatic rings. The summed E-state index contributed by atoms with van der Waals surface area (Å²) in [7, 11) is -3.61. The molecule has 0 spiro atoms. The van der Waals surface area contributed by atoms with Gasteiger partial charge in [0.15, 0.2) is 5.76 Å². The number of anilines is 1. The first-order chi connectivity index (χ1) is 15.1. The Hall–Kier alpha value is -2.64. The third kappa shape index (κ3) is 4.19. The molecule has 1 aromatic heterocycles. The summed E-state index contributed by atoms with van der Waals surface area (Å²) >= 11 is 0. The molecule has 1 fully saturated rings. The zero-order valence-corrected chi connectivity index (χ0v) is 20.0. The quantitative estimate of drug-likeness (QED) is 0.582. The summed E-state index contributed by atoms with van der Waals surface area (Å²) in [5.41, 5.74) is 3.92. The monoisotopic (exact) mass is 454 g/mol. The first-order valence-electron chi connectivity index (χ1n) is 11.0. The van der Waals surface area contributed by atoms with Crippen molar-refractivity contribution in [3.63, 3.8) is 0 Å². The second-order valence-corrected chi connectivity index (χ2v) is 11.2. The Morgan fingerprint density at radius 3 is 2.38 bits per heavy atom. The summed E-state index contributed by atoms with van der Waals surface area (Å²) in [6, 6.07) is 10.6. The molecule has 1 amide bonds. The lowest BCUT2D eigenvalue weighted by Crippen LogP contribution is -2.42. The molecule has 1 N–H and O–H groups in total. The summed E-state index contributed by atoms with van der Waals surface area (Å²) < 4.78 is 34.0. The van der Waals surface area contributed by atoms with E-state index in [0.717, 1.165) is 23.2 Å². The second kappa shape index (κ2) is 8.37. The number of fused-ring (bicyclic) bond motifs is 1. The molecule has 2 atom stereocenters. The molecule has 170 valence electrons. The molecular weight excluding hydrogens is 424 g/mol. The van der Waals surface area contributed by atoms with E-state index in [1.807, 2.05) is 32.0 Å². The van der Waals surface area contributed by atoms with E-state index in [4.69, 9.17) is 4.42 Å². The molecular formula is C25H30N2O4S. The minimum Gasteiger partial charge on any atom is -0.451 e. The first kappa shape index (κ1) is 22.6. The Bertz CT molecular complexity index is 1280. The molecule has 6 nitrogen and oxygen atoms in total. The molecule has 0 unspecified atom stereocenters. The minimum atomic E-state index is -3.61. The van der Waals surface area contributed by atoms with Crippen LogP contribution in [0.3, 0.4) is 0 Å². The maximum atomic E-state index is 13.3. The standard InChI is InChI=1S/C25H30N2O4S/c1-15-6-8-22(18(4)11-15)26-25(28)24-19(5)21-12-20(7-9-23(21)31-24)32(29,30)27-13-16(2)10-17(3)14-27/h6-9,11-12,16-17H,10,13-14H2,1-5H3,(H,26,28)/t16-,17+. The van der Waals surface area contributed by atoms with Crippen molar-refractivity contribution in [2.45, 2.75) is 45.9 Å². The second-order valence-electron chi connectivity index (χ2n) is 9.25. The number of rotatable bonds is 4. The van der Waals surface area contributed by atoms with Crippen LogP contribution < -0.4 is 5.32 Å². The van der Waals surface area contributed by atoms with Crippen LogP contribution in [0.2, 0.25) is 0 Å². The number of nitrogens with zero attached hydrogens (tertiary/aromatic N) is 1. The van der Waals surface area contributed by atoms with E-state index in [1.165, 1.54) is 0 Å². The molecule has 1 aliphatic heterocycles. The Labute approximate surface area is 189 Å². The largest absolute Gasteiger partial charge is 0.451 e. The molecule has 0 aliphatic carbocycles. The van der Waals surface area contributed by atoms with Crippen LogP contribution in [0.25, 0.3) is 11.0 Å². The SMILES string of the molecule is Cc1ccc(NC(=O)c2oc3ccc(S(=O)(=O)N4C[C@H](C)C[C@H](C)C4)cc3c2C)c(C)c1. The number of amides is 1. The van der Waals surface area contributed by atoms with Gasteiger partial charge in [-0.15, -0.1) is 0 Å². The highest BCUT2D eigenvalue weighted by Crippen LogP contribution is 2.32. The lowest BCUT2D eigenvalue weighted by Gasteiger charge is -2.34. The molecule has 2 heterocycles. The molecule has 32 heavy (non-hydrogen) atoms. The van der Waals surface area contributed by atoms with Crippen molar-refractivity contribution >= 4 is 32.6 Å². The Morgan fingerprint density at radius 1 is 1.03 bits per heavy atom. The normalized spacial score (nSPS) is 19.9. The smallest absolute Gasteiger partial charge is 0.291 e. The molecule has 3 aromatic rings. The minimum absolute atomic E-state index is 0.190. The molecule has 0 saturated carbocycles. The number of hydrogen-bond acceptors (Lipinski definition) is 4. The molecule has 4 rings (SSSR count). The van der Waals surface area contributed by atoms with Crippen LogP contribution in [0.15, 0.2) is 45.7 Å². The lowest BCUT2D eigenvalue weighted by molar-refractivity contribution is 0.0998. The van der Waals surface area contributed by atoms with E-state index >= 15 is 0 Å². The molecule has 1 saturated heterocycles. The topological polar surface area (TPSA) is 79.6 Å². The zero-order chi connectivity index (χ0) is 23.2. The van der Waals surface area contributed by atoms with Crippen LogP contribution in [0.4, 0.5) is 5.69 Å². The van der Waals surface area contributed by atoms with Gasteiger partial charge in [-0.2, -0.15) is 4.31 Å². The maximum Gasteiger partial charge on any atom is 0.291 e. The van der Waals surface area contributed by atoms with Gasteiger partial charge in [-0.05, 0) is 68.9 Å². The van der Waals surface area contributed by atoms with Crippen molar-refractivity contribution in [3.8, 4) is 0 Å². The van der Waals surface area contributed by atoms with E-state index in [-0.39, 0.29) is 16.6 Å². The molecule has 7 heteroatoms. The van der Waals surface area contributed by atoms with Crippen LogP contribution in [0.1, 0.15) is 47.5 Å². The van der Waals surface area contributed by atoms with Gasteiger partial charge in [-0.3, -0.25) is 4.79 Å². The fraction of sp³-hybridized carbons (Fsp3) is 0.400. The van der Waals surface area contributed by atoms with Crippen LogP contribution in [0, 0.1) is 32.6 Å². The first-order valence-corrected chi connectivity index (χ1v) is 12.4. The van der Waals surface area contributed by atoms with E-state index < -0.39 is 10.0 Å². The number of hydrogen-bond donors (Lipinski definition) is 1. The number of sulfonamides is 1. The maximum absolute atomic E-state index is 13.3. The van der Waals surface area contributed by atoms with Gasteiger partial charge < -0.3 is 9.73 Å². The van der Waals surface area contributed by atoms with Crippen LogP contribution >= 0.6 is 0 Å². The Morgan fingerprint density at radius 2 is 1.72 bits per heavy atom. The predicted molar refractivity (Wildman–Crippen MR) is 127 cm³/mol. The fourth-order valence-corrected chi connectivity index (χ4v) is 6.37. The van der Waals surface area contributed by atoms with Crippen molar-refractivity contribution in [3.05, 3.63) is 58.8 Å².